The lowest BCUT2D eigenvalue weighted by molar-refractivity contribution is 0.273. The summed E-state index contributed by atoms with van der Waals surface area (Å²) in [7, 11) is 0. The third-order valence-corrected chi connectivity index (χ3v) is 3.58. The van der Waals surface area contributed by atoms with Gasteiger partial charge >= 0.3 is 0 Å². The maximum absolute atomic E-state index is 9.64. The SMILES string of the molecule is Cc1cc(O)cc2c1C=C(c1ccc(O)cc1)C(C)O2. The Morgan fingerprint density at radius 1 is 1.00 bits per heavy atom. The third-order valence-electron chi connectivity index (χ3n) is 3.58. The summed E-state index contributed by atoms with van der Waals surface area (Å²) >= 11 is 0. The average Bonchev–Trinajstić information content (AvgIpc) is 2.39. The molecule has 0 saturated heterocycles. The molecule has 1 heterocycles. The first-order valence-corrected chi connectivity index (χ1v) is 6.56. The normalized spacial score (nSPS) is 17.1. The summed E-state index contributed by atoms with van der Waals surface area (Å²) in [5.74, 6) is 1.17. The lowest BCUT2D eigenvalue weighted by Gasteiger charge is -2.26. The van der Waals surface area contributed by atoms with Gasteiger partial charge in [-0.05, 0) is 49.2 Å². The van der Waals surface area contributed by atoms with Crippen LogP contribution in [0.4, 0.5) is 0 Å². The predicted octanol–water partition coefficient (Wildman–Crippen LogP) is 3.73. The largest absolute Gasteiger partial charge is 0.508 e. The van der Waals surface area contributed by atoms with Crippen LogP contribution in [0, 0.1) is 6.92 Å². The van der Waals surface area contributed by atoms with E-state index in [2.05, 4.69) is 6.08 Å². The highest BCUT2D eigenvalue weighted by molar-refractivity contribution is 5.88. The van der Waals surface area contributed by atoms with E-state index in [4.69, 9.17) is 4.74 Å². The molecule has 0 fully saturated rings. The number of hydrogen-bond acceptors (Lipinski definition) is 3. The highest BCUT2D eigenvalue weighted by Crippen LogP contribution is 2.38. The Bertz CT molecular complexity index is 684. The van der Waals surface area contributed by atoms with Gasteiger partial charge in [-0.3, -0.25) is 0 Å². The van der Waals surface area contributed by atoms with Gasteiger partial charge in [-0.1, -0.05) is 12.1 Å². The zero-order valence-electron chi connectivity index (χ0n) is 11.4. The maximum Gasteiger partial charge on any atom is 0.131 e. The van der Waals surface area contributed by atoms with Crippen LogP contribution in [0.3, 0.4) is 0 Å². The zero-order valence-corrected chi connectivity index (χ0v) is 11.4. The number of benzene rings is 2. The molecule has 3 rings (SSSR count). The first kappa shape index (κ1) is 12.6. The van der Waals surface area contributed by atoms with Crippen LogP contribution in [0.25, 0.3) is 11.6 Å². The second-order valence-corrected chi connectivity index (χ2v) is 5.08. The smallest absolute Gasteiger partial charge is 0.131 e. The van der Waals surface area contributed by atoms with E-state index in [0.717, 1.165) is 22.3 Å². The number of phenols is 2. The molecule has 102 valence electrons. The first-order valence-electron chi connectivity index (χ1n) is 6.56. The van der Waals surface area contributed by atoms with Crippen LogP contribution in [0.15, 0.2) is 36.4 Å². The second-order valence-electron chi connectivity index (χ2n) is 5.08. The minimum atomic E-state index is -0.103. The fourth-order valence-corrected chi connectivity index (χ4v) is 2.53. The van der Waals surface area contributed by atoms with Gasteiger partial charge in [-0.2, -0.15) is 0 Å². The number of ether oxygens (including phenoxy) is 1. The molecule has 1 unspecified atom stereocenters. The van der Waals surface area contributed by atoms with E-state index in [1.165, 1.54) is 0 Å². The topological polar surface area (TPSA) is 49.7 Å². The van der Waals surface area contributed by atoms with Crippen LogP contribution < -0.4 is 4.74 Å². The minimum Gasteiger partial charge on any atom is -0.508 e. The number of phenolic OH excluding ortho intramolecular Hbond substituents is 2. The second kappa shape index (κ2) is 4.60. The summed E-state index contributed by atoms with van der Waals surface area (Å²) in [6.07, 6.45) is 1.98. The lowest BCUT2D eigenvalue weighted by Crippen LogP contribution is -2.18. The molecular weight excluding hydrogens is 252 g/mol. The molecule has 3 nitrogen and oxygen atoms in total. The molecule has 0 saturated carbocycles. The van der Waals surface area contributed by atoms with Crippen molar-refractivity contribution in [3.8, 4) is 17.2 Å². The Kier molecular flexibility index (Phi) is 2.90. The first-order chi connectivity index (χ1) is 9.54. The molecule has 1 aliphatic rings. The molecule has 0 aliphatic carbocycles. The van der Waals surface area contributed by atoms with Crippen molar-refractivity contribution in [2.75, 3.05) is 0 Å². The molecule has 0 spiro atoms. The van der Waals surface area contributed by atoms with E-state index in [1.807, 2.05) is 26.0 Å². The van der Waals surface area contributed by atoms with Gasteiger partial charge in [0.05, 0.1) is 0 Å². The average molecular weight is 268 g/mol. The summed E-state index contributed by atoms with van der Waals surface area (Å²) in [5.41, 5.74) is 4.05. The molecule has 2 N–H and O–H groups in total. The molecule has 2 aromatic carbocycles. The molecular formula is C17H16O3. The molecule has 0 radical (unpaired) electrons. The minimum absolute atomic E-state index is 0.103. The van der Waals surface area contributed by atoms with Gasteiger partial charge in [-0.15, -0.1) is 0 Å². The zero-order chi connectivity index (χ0) is 14.3. The highest BCUT2D eigenvalue weighted by Gasteiger charge is 2.21. The Labute approximate surface area is 117 Å². The van der Waals surface area contributed by atoms with E-state index < -0.39 is 0 Å². The van der Waals surface area contributed by atoms with Crippen molar-refractivity contribution in [3.05, 3.63) is 53.1 Å². The maximum atomic E-state index is 9.64. The van der Waals surface area contributed by atoms with Crippen molar-refractivity contribution in [1.29, 1.82) is 0 Å². The molecule has 1 atom stereocenters. The quantitative estimate of drug-likeness (QED) is 0.828. The van der Waals surface area contributed by atoms with Gasteiger partial charge in [0.25, 0.3) is 0 Å². The fourth-order valence-electron chi connectivity index (χ4n) is 2.53. The van der Waals surface area contributed by atoms with Crippen LogP contribution in [-0.4, -0.2) is 16.3 Å². The summed E-state index contributed by atoms with van der Waals surface area (Å²) in [5, 5.41) is 19.0. The van der Waals surface area contributed by atoms with Crippen molar-refractivity contribution in [3.63, 3.8) is 0 Å². The molecule has 0 aromatic heterocycles. The lowest BCUT2D eigenvalue weighted by atomic mass is 9.94. The summed E-state index contributed by atoms with van der Waals surface area (Å²) in [6, 6.07) is 10.5. The number of fused-ring (bicyclic) bond motifs is 1. The molecule has 0 amide bonds. The Morgan fingerprint density at radius 2 is 1.70 bits per heavy atom. The van der Waals surface area contributed by atoms with Crippen molar-refractivity contribution >= 4 is 11.6 Å². The van der Waals surface area contributed by atoms with E-state index in [0.29, 0.717) is 5.75 Å². The van der Waals surface area contributed by atoms with Gasteiger partial charge in [0.15, 0.2) is 0 Å². The molecule has 3 heteroatoms. The summed E-state index contributed by atoms with van der Waals surface area (Å²) in [6.45, 7) is 3.92. The van der Waals surface area contributed by atoms with E-state index >= 15 is 0 Å². The molecule has 0 bridgehead atoms. The van der Waals surface area contributed by atoms with E-state index in [9.17, 15) is 10.2 Å². The number of rotatable bonds is 1. The van der Waals surface area contributed by atoms with Gasteiger partial charge < -0.3 is 14.9 Å². The van der Waals surface area contributed by atoms with E-state index in [-0.39, 0.29) is 17.6 Å². The van der Waals surface area contributed by atoms with Crippen molar-refractivity contribution in [2.45, 2.75) is 20.0 Å². The predicted molar refractivity (Wildman–Crippen MR) is 78.9 cm³/mol. The molecule has 20 heavy (non-hydrogen) atoms. The van der Waals surface area contributed by atoms with Crippen molar-refractivity contribution in [2.24, 2.45) is 0 Å². The van der Waals surface area contributed by atoms with E-state index in [1.54, 1.807) is 24.3 Å². The number of hydrogen-bond donors (Lipinski definition) is 2. The third kappa shape index (κ3) is 2.11. The van der Waals surface area contributed by atoms with Crippen LogP contribution >= 0.6 is 0 Å². The van der Waals surface area contributed by atoms with Crippen LogP contribution in [0.2, 0.25) is 0 Å². The van der Waals surface area contributed by atoms with Crippen LogP contribution in [0.1, 0.15) is 23.6 Å². The van der Waals surface area contributed by atoms with Gasteiger partial charge in [0.2, 0.25) is 0 Å². The summed E-state index contributed by atoms with van der Waals surface area (Å²) in [4.78, 5) is 0. The standard InChI is InChI=1S/C17H16O3/c1-10-7-14(19)8-17-15(10)9-16(11(2)20-17)12-3-5-13(18)6-4-12/h3-9,11,18-19H,1-2H3. The van der Waals surface area contributed by atoms with Gasteiger partial charge in [-0.25, -0.2) is 0 Å². The van der Waals surface area contributed by atoms with Gasteiger partial charge in [0, 0.05) is 17.2 Å². The highest BCUT2D eigenvalue weighted by atomic mass is 16.5. The monoisotopic (exact) mass is 268 g/mol. The van der Waals surface area contributed by atoms with Crippen LogP contribution in [-0.2, 0) is 0 Å². The Morgan fingerprint density at radius 3 is 2.40 bits per heavy atom. The Hall–Kier alpha value is -2.42. The van der Waals surface area contributed by atoms with Crippen molar-refractivity contribution in [1.82, 2.24) is 0 Å². The fraction of sp³-hybridized carbons (Fsp3) is 0.176. The number of aryl methyl sites for hydroxylation is 1. The molecule has 2 aromatic rings. The van der Waals surface area contributed by atoms with Crippen LogP contribution in [0.5, 0.6) is 17.2 Å². The summed E-state index contributed by atoms with van der Waals surface area (Å²) < 4.78 is 5.90. The van der Waals surface area contributed by atoms with Crippen molar-refractivity contribution < 1.29 is 14.9 Å². The van der Waals surface area contributed by atoms with Gasteiger partial charge in [0.1, 0.15) is 23.4 Å². The Balaban J connectivity index is 2.12. The molecule has 1 aliphatic heterocycles. The number of aromatic hydroxyl groups is 2.